The second kappa shape index (κ2) is 18.0. The summed E-state index contributed by atoms with van der Waals surface area (Å²) in [7, 11) is 0. The molecule has 1 aromatic heterocycles. The smallest absolute Gasteiger partial charge is 0.425 e. The van der Waals surface area contributed by atoms with E-state index in [0.717, 1.165) is 12.1 Å². The molecule has 320 valence electrons. The Kier molecular flexibility index (Phi) is 14.1. The number of carbonyl (C=O) groups is 5. The van der Waals surface area contributed by atoms with Gasteiger partial charge in [0.25, 0.3) is 11.8 Å². The topological polar surface area (TPSA) is 170 Å². The number of rotatable bonds is 7. The number of halogens is 3. The lowest BCUT2D eigenvalue weighted by molar-refractivity contribution is -0.0130. The van der Waals surface area contributed by atoms with Gasteiger partial charge < -0.3 is 29.2 Å². The number of nitrogens with one attached hydrogen (secondary N) is 1. The third kappa shape index (κ3) is 12.2. The lowest BCUT2D eigenvalue weighted by Crippen LogP contribution is -2.60. The van der Waals surface area contributed by atoms with E-state index in [-0.39, 0.29) is 63.8 Å². The number of nitrogens with zero attached hydrogens (tertiary/aromatic N) is 5. The molecule has 2 aromatic carbocycles. The summed E-state index contributed by atoms with van der Waals surface area (Å²) in [6.45, 7) is 20.7. The first-order valence-electron chi connectivity index (χ1n) is 18.8. The molecule has 59 heavy (non-hydrogen) atoms. The first kappa shape index (κ1) is 46.5. The van der Waals surface area contributed by atoms with Crippen LogP contribution in [0.25, 0.3) is 0 Å². The predicted molar refractivity (Wildman–Crippen MR) is 220 cm³/mol. The molecule has 18 heteroatoms. The molecule has 0 saturated carbocycles. The average molecular weight is 862 g/mol. The van der Waals surface area contributed by atoms with Crippen LogP contribution in [0.3, 0.4) is 0 Å². The number of aromatic nitrogens is 2. The highest BCUT2D eigenvalue weighted by molar-refractivity contribution is 6.36. The Bertz CT molecular complexity index is 2040. The van der Waals surface area contributed by atoms with E-state index in [2.05, 4.69) is 15.5 Å². The Hall–Kier alpha value is -5.22. The average Bonchev–Trinajstić information content (AvgIpc) is 3.08. The van der Waals surface area contributed by atoms with Crippen molar-refractivity contribution in [3.63, 3.8) is 0 Å². The molecule has 1 fully saturated rings. The molecule has 3 aromatic rings. The van der Waals surface area contributed by atoms with Crippen LogP contribution >= 0.6 is 23.2 Å². The van der Waals surface area contributed by atoms with Crippen molar-refractivity contribution in [2.45, 2.75) is 118 Å². The van der Waals surface area contributed by atoms with E-state index in [1.807, 2.05) is 13.8 Å². The number of benzene rings is 2. The minimum Gasteiger partial charge on any atom is -0.482 e. The lowest BCUT2D eigenvalue weighted by atomic mass is 10.1. The molecule has 15 nitrogen and oxygen atoms in total. The zero-order chi connectivity index (χ0) is 44.4. The fourth-order valence-corrected chi connectivity index (χ4v) is 6.66. The van der Waals surface area contributed by atoms with E-state index >= 15 is 0 Å². The number of hydrogen-bond acceptors (Lipinski definition) is 11. The van der Waals surface area contributed by atoms with Crippen LogP contribution in [0.1, 0.15) is 116 Å². The first-order valence-corrected chi connectivity index (χ1v) is 19.6. The highest BCUT2D eigenvalue weighted by Gasteiger charge is 2.39. The van der Waals surface area contributed by atoms with Gasteiger partial charge in [-0.25, -0.2) is 18.8 Å². The molecule has 0 spiro atoms. The van der Waals surface area contributed by atoms with Crippen molar-refractivity contribution in [1.82, 2.24) is 20.0 Å². The van der Waals surface area contributed by atoms with E-state index < -0.39 is 58.7 Å². The van der Waals surface area contributed by atoms with Gasteiger partial charge in [-0.2, -0.15) is 4.90 Å². The van der Waals surface area contributed by atoms with Crippen LogP contribution in [-0.4, -0.2) is 92.1 Å². The number of imide groups is 1. The standard InChI is InChI=1S/C41H51Cl2FN6O9/c1-22-20-48(21-23(2)49(22)36(53)57-39(4,5)6)35(52)25-13-15-26(16-14-25)45-34(51)29-19-30(56-24(3)31-27(42)17-18-28(44)32(31)43)33(47-46-29)50(37(54)58-40(7,8)9)38(55)59-41(10,11)12/h13-19,22-24H,20-21H2,1-12H3,(H,45,51)/t22-,23+,24-/m1/s1. The number of ether oxygens (including phenoxy) is 4. The summed E-state index contributed by atoms with van der Waals surface area (Å²) in [6, 6.07) is 9.01. The SMILES string of the molecule is C[C@@H]1CN(C(=O)c2ccc(NC(=O)c3cc(O[C@H](C)c4c(Cl)ccc(F)c4Cl)c(N(C(=O)OC(C)(C)C)C(=O)OC(C)(C)C)nn3)cc2)C[C@H](C)N1C(=O)OC(C)(C)C. The molecule has 5 amide bonds. The fourth-order valence-electron chi connectivity index (χ4n) is 5.99. The second-order valence-corrected chi connectivity index (χ2v) is 17.8. The van der Waals surface area contributed by atoms with Gasteiger partial charge in [0.1, 0.15) is 28.7 Å². The molecule has 0 bridgehead atoms. The maximum absolute atomic E-state index is 14.6. The van der Waals surface area contributed by atoms with E-state index in [1.54, 1.807) is 84.2 Å². The molecular formula is C41H51Cl2FN6O9. The minimum absolute atomic E-state index is 0.0339. The van der Waals surface area contributed by atoms with Crippen LogP contribution in [0.5, 0.6) is 5.75 Å². The van der Waals surface area contributed by atoms with Crippen LogP contribution < -0.4 is 15.0 Å². The molecule has 1 aliphatic heterocycles. The number of anilines is 2. The molecule has 1 saturated heterocycles. The monoisotopic (exact) mass is 860 g/mol. The van der Waals surface area contributed by atoms with E-state index in [4.69, 9.17) is 42.1 Å². The van der Waals surface area contributed by atoms with Crippen molar-refractivity contribution in [1.29, 1.82) is 0 Å². The van der Waals surface area contributed by atoms with Crippen molar-refractivity contribution in [2.75, 3.05) is 23.3 Å². The molecule has 2 heterocycles. The molecule has 0 radical (unpaired) electrons. The summed E-state index contributed by atoms with van der Waals surface area (Å²) in [6.07, 6.45) is -3.97. The minimum atomic E-state index is -1.19. The van der Waals surface area contributed by atoms with Gasteiger partial charge in [-0.05, 0) is 119 Å². The van der Waals surface area contributed by atoms with Gasteiger partial charge in [0.05, 0.1) is 17.1 Å². The maximum atomic E-state index is 14.6. The van der Waals surface area contributed by atoms with Crippen molar-refractivity contribution < 1.29 is 47.3 Å². The third-order valence-corrected chi connectivity index (χ3v) is 9.04. The van der Waals surface area contributed by atoms with Gasteiger partial charge in [0.2, 0.25) is 5.82 Å². The Morgan fingerprint density at radius 3 is 1.85 bits per heavy atom. The Balaban J connectivity index is 1.63. The Morgan fingerprint density at radius 2 is 1.34 bits per heavy atom. The van der Waals surface area contributed by atoms with Gasteiger partial charge in [0, 0.05) is 41.0 Å². The summed E-state index contributed by atoms with van der Waals surface area (Å²) in [5.74, 6) is -2.69. The zero-order valence-electron chi connectivity index (χ0n) is 35.2. The predicted octanol–water partition coefficient (Wildman–Crippen LogP) is 9.46. The quantitative estimate of drug-likeness (QED) is 0.177. The molecule has 3 atom stereocenters. The van der Waals surface area contributed by atoms with Gasteiger partial charge >= 0.3 is 18.3 Å². The molecule has 0 aliphatic carbocycles. The number of amides is 5. The molecule has 0 unspecified atom stereocenters. The second-order valence-electron chi connectivity index (χ2n) is 17.1. The lowest BCUT2D eigenvalue weighted by Gasteiger charge is -2.44. The van der Waals surface area contributed by atoms with E-state index in [1.165, 1.54) is 25.1 Å². The van der Waals surface area contributed by atoms with Gasteiger partial charge in [-0.3, -0.25) is 14.5 Å². The van der Waals surface area contributed by atoms with Crippen molar-refractivity contribution >= 4 is 64.8 Å². The molecule has 1 N–H and O–H groups in total. The molecule has 1 aliphatic rings. The van der Waals surface area contributed by atoms with E-state index in [9.17, 15) is 28.4 Å². The number of carbonyl (C=O) groups excluding carboxylic acids is 5. The summed E-state index contributed by atoms with van der Waals surface area (Å²) in [5.41, 5.74) is -2.47. The normalized spacial score (nSPS) is 16.5. The van der Waals surface area contributed by atoms with Crippen LogP contribution in [-0.2, 0) is 14.2 Å². The van der Waals surface area contributed by atoms with Gasteiger partial charge in [0.15, 0.2) is 11.4 Å². The largest absolute Gasteiger partial charge is 0.482 e. The van der Waals surface area contributed by atoms with Gasteiger partial charge in [-0.15, -0.1) is 10.2 Å². The molecular weight excluding hydrogens is 810 g/mol. The summed E-state index contributed by atoms with van der Waals surface area (Å²) in [4.78, 5) is 70.9. The van der Waals surface area contributed by atoms with Crippen molar-refractivity contribution in [3.8, 4) is 5.75 Å². The maximum Gasteiger partial charge on any atom is 0.425 e. The van der Waals surface area contributed by atoms with Gasteiger partial charge in [-0.1, -0.05) is 23.2 Å². The van der Waals surface area contributed by atoms with Crippen LogP contribution in [0.2, 0.25) is 10.0 Å². The van der Waals surface area contributed by atoms with Crippen LogP contribution in [0.4, 0.5) is 30.3 Å². The highest BCUT2D eigenvalue weighted by Crippen LogP contribution is 2.38. The summed E-state index contributed by atoms with van der Waals surface area (Å²) in [5, 5.41) is 10.4. The summed E-state index contributed by atoms with van der Waals surface area (Å²) >= 11 is 12.7. The number of hydrogen-bond donors (Lipinski definition) is 1. The Labute approximate surface area is 353 Å². The summed E-state index contributed by atoms with van der Waals surface area (Å²) < 4.78 is 37.3. The van der Waals surface area contributed by atoms with Crippen molar-refractivity contribution in [2.24, 2.45) is 0 Å². The zero-order valence-corrected chi connectivity index (χ0v) is 36.7. The fraction of sp³-hybridized carbons (Fsp3) is 0.488. The van der Waals surface area contributed by atoms with Crippen LogP contribution in [0.15, 0.2) is 42.5 Å². The van der Waals surface area contributed by atoms with Crippen LogP contribution in [0, 0.1) is 5.82 Å². The molecule has 4 rings (SSSR count). The first-order chi connectivity index (χ1) is 27.2. The highest BCUT2D eigenvalue weighted by atomic mass is 35.5. The third-order valence-electron chi connectivity index (χ3n) is 8.33. The Morgan fingerprint density at radius 1 is 0.814 bits per heavy atom. The number of piperazine rings is 1. The van der Waals surface area contributed by atoms with Crippen molar-refractivity contribution in [3.05, 3.63) is 75.1 Å². The van der Waals surface area contributed by atoms with E-state index in [0.29, 0.717) is 10.5 Å².